The predicted molar refractivity (Wildman–Crippen MR) is 102 cm³/mol. The second-order valence-electron chi connectivity index (χ2n) is 7.30. The Morgan fingerprint density at radius 1 is 0.963 bits per heavy atom. The van der Waals surface area contributed by atoms with Crippen LogP contribution in [0.2, 0.25) is 0 Å². The molecule has 1 saturated heterocycles. The third-order valence-corrected chi connectivity index (χ3v) is 5.30. The van der Waals surface area contributed by atoms with Crippen molar-refractivity contribution in [2.45, 2.75) is 51.6 Å². The summed E-state index contributed by atoms with van der Waals surface area (Å²) in [4.78, 5) is 24.4. The summed E-state index contributed by atoms with van der Waals surface area (Å²) in [6, 6.07) is 4.14. The standard InChI is InChI=1S/C19H26N6O2/c26-19(27)6-5-15-11-16-13-24(9-4-10-25(16)22-15)18-12-17(20-14-21-18)23-7-2-1-3-8-23/h11-12,14H,1-10,13H2,(H,26,27). The van der Waals surface area contributed by atoms with Crippen LogP contribution >= 0.6 is 0 Å². The number of hydrogen-bond donors (Lipinski definition) is 1. The van der Waals surface area contributed by atoms with E-state index in [0.717, 1.165) is 62.2 Å². The molecule has 27 heavy (non-hydrogen) atoms. The highest BCUT2D eigenvalue weighted by Gasteiger charge is 2.20. The van der Waals surface area contributed by atoms with Crippen molar-refractivity contribution in [2.24, 2.45) is 0 Å². The first kappa shape index (κ1) is 17.8. The van der Waals surface area contributed by atoms with Gasteiger partial charge < -0.3 is 14.9 Å². The molecule has 1 fully saturated rings. The maximum Gasteiger partial charge on any atom is 0.303 e. The van der Waals surface area contributed by atoms with Gasteiger partial charge in [-0.15, -0.1) is 0 Å². The number of carboxylic acid groups (broad SMARTS) is 1. The first-order valence-electron chi connectivity index (χ1n) is 9.78. The van der Waals surface area contributed by atoms with Crippen LogP contribution in [-0.2, 0) is 24.3 Å². The fourth-order valence-electron chi connectivity index (χ4n) is 3.88. The Bertz CT molecular complexity index is 799. The zero-order valence-corrected chi connectivity index (χ0v) is 15.5. The summed E-state index contributed by atoms with van der Waals surface area (Å²) in [5.74, 6) is 1.18. The molecule has 0 atom stereocenters. The van der Waals surface area contributed by atoms with Gasteiger partial charge in [-0.1, -0.05) is 0 Å². The van der Waals surface area contributed by atoms with E-state index in [1.54, 1.807) is 6.33 Å². The molecule has 0 radical (unpaired) electrons. The fourth-order valence-corrected chi connectivity index (χ4v) is 3.88. The number of fused-ring (bicyclic) bond motifs is 1. The van der Waals surface area contributed by atoms with Crippen molar-refractivity contribution in [1.29, 1.82) is 0 Å². The Balaban J connectivity index is 1.50. The lowest BCUT2D eigenvalue weighted by Crippen LogP contribution is -2.31. The van der Waals surface area contributed by atoms with Crippen LogP contribution in [0.1, 0.15) is 43.5 Å². The predicted octanol–water partition coefficient (Wildman–Crippen LogP) is 2.09. The van der Waals surface area contributed by atoms with Crippen LogP contribution in [0, 0.1) is 0 Å². The van der Waals surface area contributed by atoms with Gasteiger partial charge in [-0.25, -0.2) is 9.97 Å². The van der Waals surface area contributed by atoms with Gasteiger partial charge in [0.1, 0.15) is 18.0 Å². The van der Waals surface area contributed by atoms with Crippen LogP contribution < -0.4 is 9.80 Å². The summed E-state index contributed by atoms with van der Waals surface area (Å²) in [6.45, 7) is 4.64. The molecule has 0 aliphatic carbocycles. The van der Waals surface area contributed by atoms with Gasteiger partial charge in [-0.3, -0.25) is 9.48 Å². The maximum absolute atomic E-state index is 10.8. The van der Waals surface area contributed by atoms with Crippen molar-refractivity contribution in [3.05, 3.63) is 29.8 Å². The minimum absolute atomic E-state index is 0.116. The number of piperidine rings is 1. The molecule has 4 rings (SSSR count). The number of anilines is 2. The number of carbonyl (C=O) groups is 1. The molecule has 1 N–H and O–H groups in total. The van der Waals surface area contributed by atoms with Gasteiger partial charge in [-0.2, -0.15) is 5.10 Å². The SMILES string of the molecule is O=C(O)CCc1cc2n(n1)CCCN(c1cc(N3CCCCC3)ncn1)C2. The van der Waals surface area contributed by atoms with Crippen molar-refractivity contribution >= 4 is 17.6 Å². The Morgan fingerprint density at radius 2 is 1.70 bits per heavy atom. The van der Waals surface area contributed by atoms with Gasteiger partial charge >= 0.3 is 5.97 Å². The monoisotopic (exact) mass is 370 g/mol. The van der Waals surface area contributed by atoms with Crippen LogP contribution in [0.4, 0.5) is 11.6 Å². The zero-order valence-electron chi connectivity index (χ0n) is 15.5. The molecule has 2 aromatic heterocycles. The van der Waals surface area contributed by atoms with E-state index in [1.165, 1.54) is 19.3 Å². The van der Waals surface area contributed by atoms with E-state index in [2.05, 4.69) is 30.9 Å². The third kappa shape index (κ3) is 4.20. The number of aryl methyl sites for hydroxylation is 2. The van der Waals surface area contributed by atoms with Gasteiger partial charge in [0.05, 0.1) is 24.4 Å². The normalized spacial score (nSPS) is 17.5. The molecule has 0 unspecified atom stereocenters. The highest BCUT2D eigenvalue weighted by atomic mass is 16.4. The molecule has 4 heterocycles. The lowest BCUT2D eigenvalue weighted by molar-refractivity contribution is -0.136. The number of aromatic nitrogens is 4. The average molecular weight is 370 g/mol. The maximum atomic E-state index is 10.8. The first-order chi connectivity index (χ1) is 13.2. The smallest absolute Gasteiger partial charge is 0.303 e. The Morgan fingerprint density at radius 3 is 2.48 bits per heavy atom. The molecule has 0 spiro atoms. The molecule has 2 aliphatic heterocycles. The molecule has 8 nitrogen and oxygen atoms in total. The molecule has 2 aromatic rings. The highest BCUT2D eigenvalue weighted by Crippen LogP contribution is 2.24. The number of rotatable bonds is 5. The second-order valence-corrected chi connectivity index (χ2v) is 7.30. The summed E-state index contributed by atoms with van der Waals surface area (Å²) in [6.07, 6.45) is 6.99. The third-order valence-electron chi connectivity index (χ3n) is 5.30. The van der Waals surface area contributed by atoms with Gasteiger partial charge in [-0.05, 0) is 31.7 Å². The van der Waals surface area contributed by atoms with E-state index in [0.29, 0.717) is 6.42 Å². The van der Waals surface area contributed by atoms with Crippen LogP contribution in [0.25, 0.3) is 0 Å². The molecule has 0 amide bonds. The van der Waals surface area contributed by atoms with Crippen LogP contribution in [0.15, 0.2) is 18.5 Å². The highest BCUT2D eigenvalue weighted by molar-refractivity contribution is 5.67. The number of aliphatic carboxylic acids is 1. The molecule has 2 aliphatic rings. The second kappa shape index (κ2) is 7.94. The summed E-state index contributed by atoms with van der Waals surface area (Å²) in [5, 5.41) is 13.5. The summed E-state index contributed by atoms with van der Waals surface area (Å²) >= 11 is 0. The van der Waals surface area contributed by atoms with E-state index in [-0.39, 0.29) is 6.42 Å². The molecular weight excluding hydrogens is 344 g/mol. The van der Waals surface area contributed by atoms with Gasteiger partial charge in [0.25, 0.3) is 0 Å². The van der Waals surface area contributed by atoms with Crippen LogP contribution in [0.5, 0.6) is 0 Å². The topological polar surface area (TPSA) is 87.4 Å². The Hall–Kier alpha value is -2.64. The van der Waals surface area contributed by atoms with Gasteiger partial charge in [0.15, 0.2) is 0 Å². The molecule has 8 heteroatoms. The van der Waals surface area contributed by atoms with Crippen LogP contribution in [0.3, 0.4) is 0 Å². The quantitative estimate of drug-likeness (QED) is 0.862. The summed E-state index contributed by atoms with van der Waals surface area (Å²) in [7, 11) is 0. The molecule has 0 saturated carbocycles. The Kier molecular flexibility index (Phi) is 5.22. The summed E-state index contributed by atoms with van der Waals surface area (Å²) in [5.41, 5.74) is 1.97. The largest absolute Gasteiger partial charge is 0.481 e. The van der Waals surface area contributed by atoms with E-state index < -0.39 is 5.97 Å². The van der Waals surface area contributed by atoms with Crippen molar-refractivity contribution in [2.75, 3.05) is 29.4 Å². The van der Waals surface area contributed by atoms with Gasteiger partial charge in [0.2, 0.25) is 0 Å². The van der Waals surface area contributed by atoms with E-state index >= 15 is 0 Å². The fraction of sp³-hybridized carbons (Fsp3) is 0.579. The van der Waals surface area contributed by atoms with Gasteiger partial charge in [0, 0.05) is 38.7 Å². The summed E-state index contributed by atoms with van der Waals surface area (Å²) < 4.78 is 2.02. The van der Waals surface area contributed by atoms with E-state index in [4.69, 9.17) is 5.11 Å². The van der Waals surface area contributed by atoms with Crippen molar-refractivity contribution < 1.29 is 9.90 Å². The molecule has 0 aromatic carbocycles. The zero-order chi connectivity index (χ0) is 18.6. The van der Waals surface area contributed by atoms with Crippen molar-refractivity contribution in [1.82, 2.24) is 19.7 Å². The lowest BCUT2D eigenvalue weighted by atomic mass is 10.1. The van der Waals surface area contributed by atoms with Crippen molar-refractivity contribution in [3.8, 4) is 0 Å². The lowest BCUT2D eigenvalue weighted by Gasteiger charge is -2.29. The first-order valence-corrected chi connectivity index (χ1v) is 9.78. The van der Waals surface area contributed by atoms with Crippen molar-refractivity contribution in [3.63, 3.8) is 0 Å². The van der Waals surface area contributed by atoms with E-state index in [9.17, 15) is 4.79 Å². The molecule has 144 valence electrons. The minimum Gasteiger partial charge on any atom is -0.481 e. The number of nitrogens with zero attached hydrogens (tertiary/aromatic N) is 6. The minimum atomic E-state index is -0.786. The number of carboxylic acids is 1. The average Bonchev–Trinajstić information content (AvgIpc) is 2.97. The van der Waals surface area contributed by atoms with E-state index in [1.807, 2.05) is 10.7 Å². The Labute approximate surface area is 158 Å². The number of hydrogen-bond acceptors (Lipinski definition) is 6. The molecular formula is C19H26N6O2. The molecule has 0 bridgehead atoms. The van der Waals surface area contributed by atoms with Crippen LogP contribution in [-0.4, -0.2) is 50.5 Å².